The SMILES string of the molecule is CCc1cccc(C(C)C)c1NC(=O)C(=O)[C@@H](C(=O)OC)c1nc2ccc(Cl)cc2[nH]c1=O. The normalized spacial score (nSPS) is 11.9. The van der Waals surface area contributed by atoms with Crippen molar-refractivity contribution in [3.05, 3.63) is 68.6 Å². The lowest BCUT2D eigenvalue weighted by Gasteiger charge is -2.18. The van der Waals surface area contributed by atoms with Gasteiger partial charge in [-0.3, -0.25) is 19.2 Å². The number of benzene rings is 2. The van der Waals surface area contributed by atoms with Gasteiger partial charge in [-0.1, -0.05) is 50.6 Å². The van der Waals surface area contributed by atoms with Crippen LogP contribution in [0.4, 0.5) is 5.69 Å². The molecular weight excluding hydrogens is 446 g/mol. The number of aryl methyl sites for hydroxylation is 1. The number of carbonyl (C=O) groups excluding carboxylic acids is 3. The smallest absolute Gasteiger partial charge is 0.323 e. The first-order valence-electron chi connectivity index (χ1n) is 10.4. The largest absolute Gasteiger partial charge is 0.468 e. The summed E-state index contributed by atoms with van der Waals surface area (Å²) in [6.45, 7) is 5.86. The fourth-order valence-electron chi connectivity index (χ4n) is 3.58. The van der Waals surface area contributed by atoms with Gasteiger partial charge < -0.3 is 15.0 Å². The molecule has 0 aliphatic heterocycles. The number of rotatable bonds is 7. The zero-order chi connectivity index (χ0) is 24.3. The number of anilines is 1. The minimum atomic E-state index is -1.82. The van der Waals surface area contributed by atoms with Crippen LogP contribution in [0.1, 0.15) is 49.4 Å². The summed E-state index contributed by atoms with van der Waals surface area (Å²) in [4.78, 5) is 58.0. The fourth-order valence-corrected chi connectivity index (χ4v) is 3.76. The summed E-state index contributed by atoms with van der Waals surface area (Å²) in [5.74, 6) is -4.99. The summed E-state index contributed by atoms with van der Waals surface area (Å²) < 4.78 is 4.73. The molecule has 1 atom stereocenters. The second-order valence-corrected chi connectivity index (χ2v) is 8.21. The van der Waals surface area contributed by atoms with Gasteiger partial charge in [-0.15, -0.1) is 0 Å². The second kappa shape index (κ2) is 9.95. The number of esters is 1. The van der Waals surface area contributed by atoms with Crippen molar-refractivity contribution in [2.75, 3.05) is 12.4 Å². The van der Waals surface area contributed by atoms with E-state index in [1.54, 1.807) is 6.07 Å². The van der Waals surface area contributed by atoms with Gasteiger partial charge in [-0.05, 0) is 41.7 Å². The molecule has 0 fully saturated rings. The number of H-pyrrole nitrogens is 1. The lowest BCUT2D eigenvalue weighted by atomic mass is 9.95. The average Bonchev–Trinajstić information content (AvgIpc) is 2.79. The first-order valence-corrected chi connectivity index (χ1v) is 10.8. The molecular formula is C24H24ClN3O5. The Morgan fingerprint density at radius 1 is 1.18 bits per heavy atom. The molecule has 0 saturated carbocycles. The minimum Gasteiger partial charge on any atom is -0.468 e. The van der Waals surface area contributed by atoms with Crippen molar-refractivity contribution in [3.63, 3.8) is 0 Å². The Labute approximate surface area is 195 Å². The van der Waals surface area contributed by atoms with Gasteiger partial charge in [0.2, 0.25) is 5.78 Å². The number of carbonyl (C=O) groups is 3. The van der Waals surface area contributed by atoms with Gasteiger partial charge in [0, 0.05) is 10.7 Å². The Hall–Kier alpha value is -3.52. The topological polar surface area (TPSA) is 118 Å². The third-order valence-electron chi connectivity index (χ3n) is 5.30. The van der Waals surface area contributed by atoms with E-state index in [1.165, 1.54) is 12.1 Å². The van der Waals surface area contributed by atoms with E-state index in [4.69, 9.17) is 16.3 Å². The van der Waals surface area contributed by atoms with Crippen LogP contribution < -0.4 is 10.9 Å². The zero-order valence-electron chi connectivity index (χ0n) is 18.7. The van der Waals surface area contributed by atoms with E-state index < -0.39 is 34.8 Å². The Kier molecular flexibility index (Phi) is 7.28. The number of fused-ring (bicyclic) bond motifs is 1. The van der Waals surface area contributed by atoms with Crippen LogP contribution in [0.25, 0.3) is 11.0 Å². The predicted octanol–water partition coefficient (Wildman–Crippen LogP) is 3.73. The number of para-hydroxylation sites is 1. The predicted molar refractivity (Wildman–Crippen MR) is 126 cm³/mol. The lowest BCUT2D eigenvalue weighted by molar-refractivity contribution is -0.148. The highest BCUT2D eigenvalue weighted by Gasteiger charge is 2.38. The highest BCUT2D eigenvalue weighted by atomic mass is 35.5. The highest BCUT2D eigenvalue weighted by molar-refractivity contribution is 6.45. The molecule has 3 aromatic rings. The molecule has 0 radical (unpaired) electrons. The second-order valence-electron chi connectivity index (χ2n) is 7.78. The average molecular weight is 470 g/mol. The third-order valence-corrected chi connectivity index (χ3v) is 5.54. The molecule has 3 rings (SSSR count). The number of ether oxygens (including phenoxy) is 1. The maximum absolute atomic E-state index is 13.1. The van der Waals surface area contributed by atoms with E-state index in [9.17, 15) is 19.2 Å². The molecule has 0 aliphatic carbocycles. The number of methoxy groups -OCH3 is 1. The Morgan fingerprint density at radius 3 is 2.55 bits per heavy atom. The number of amides is 1. The number of aromatic nitrogens is 2. The van der Waals surface area contributed by atoms with Gasteiger partial charge in [0.25, 0.3) is 11.5 Å². The molecule has 0 saturated heterocycles. The quantitative estimate of drug-likeness (QED) is 0.309. The molecule has 1 heterocycles. The molecule has 0 spiro atoms. The first-order chi connectivity index (χ1) is 15.7. The number of halogens is 1. The van der Waals surface area contributed by atoms with Crippen molar-refractivity contribution in [2.45, 2.75) is 39.0 Å². The molecule has 0 bridgehead atoms. The number of nitrogens with zero attached hydrogens (tertiary/aromatic N) is 1. The Balaban J connectivity index is 2.04. The number of nitrogens with one attached hydrogen (secondary N) is 2. The molecule has 172 valence electrons. The number of hydrogen-bond acceptors (Lipinski definition) is 6. The van der Waals surface area contributed by atoms with E-state index in [2.05, 4.69) is 15.3 Å². The van der Waals surface area contributed by atoms with Crippen molar-refractivity contribution in [1.29, 1.82) is 0 Å². The van der Waals surface area contributed by atoms with Crippen LogP contribution in [0.5, 0.6) is 0 Å². The molecule has 2 aromatic carbocycles. The van der Waals surface area contributed by atoms with Crippen LogP contribution in [-0.4, -0.2) is 34.7 Å². The molecule has 0 unspecified atom stereocenters. The number of Topliss-reactive ketones (excluding diaryl/α,β-unsaturated/α-hetero) is 1. The van der Waals surface area contributed by atoms with Gasteiger partial charge in [0.1, 0.15) is 5.69 Å². The van der Waals surface area contributed by atoms with Crippen molar-refractivity contribution >= 4 is 46.0 Å². The summed E-state index contributed by atoms with van der Waals surface area (Å²) in [7, 11) is 1.07. The molecule has 33 heavy (non-hydrogen) atoms. The summed E-state index contributed by atoms with van der Waals surface area (Å²) in [5, 5.41) is 3.03. The van der Waals surface area contributed by atoms with Crippen LogP contribution >= 0.6 is 11.6 Å². The van der Waals surface area contributed by atoms with E-state index >= 15 is 0 Å². The van der Waals surface area contributed by atoms with Crippen LogP contribution in [0.15, 0.2) is 41.2 Å². The maximum Gasteiger partial charge on any atom is 0.323 e. The van der Waals surface area contributed by atoms with E-state index in [0.717, 1.165) is 18.2 Å². The molecule has 1 amide bonds. The van der Waals surface area contributed by atoms with Crippen LogP contribution in [-0.2, 0) is 25.5 Å². The summed E-state index contributed by atoms with van der Waals surface area (Å²) >= 11 is 5.94. The van der Waals surface area contributed by atoms with Crippen LogP contribution in [0.3, 0.4) is 0 Å². The van der Waals surface area contributed by atoms with E-state index in [1.807, 2.05) is 39.0 Å². The molecule has 9 heteroatoms. The van der Waals surface area contributed by atoms with Crippen LogP contribution in [0, 0.1) is 0 Å². The number of aromatic amines is 1. The third kappa shape index (κ3) is 4.96. The van der Waals surface area contributed by atoms with Gasteiger partial charge in [0.15, 0.2) is 5.92 Å². The Morgan fingerprint density at radius 2 is 1.91 bits per heavy atom. The summed E-state index contributed by atoms with van der Waals surface area (Å²) in [5.41, 5.74) is 1.62. The maximum atomic E-state index is 13.1. The van der Waals surface area contributed by atoms with E-state index in [0.29, 0.717) is 28.2 Å². The van der Waals surface area contributed by atoms with E-state index in [-0.39, 0.29) is 5.92 Å². The molecule has 1 aromatic heterocycles. The standard InChI is InChI=1S/C24H24ClN3O5/c1-5-13-7-6-8-15(12(2)3)19(13)28-23(31)21(29)18(24(32)33-4)20-22(30)27-17-11-14(25)9-10-16(17)26-20/h6-12,18H,5H2,1-4H3,(H,27,30)(H,28,31)/t18-/m0/s1. The fraction of sp³-hybridized carbons (Fsp3) is 0.292. The molecule has 8 nitrogen and oxygen atoms in total. The zero-order valence-corrected chi connectivity index (χ0v) is 19.4. The van der Waals surface area contributed by atoms with Crippen molar-refractivity contribution in [3.8, 4) is 0 Å². The van der Waals surface area contributed by atoms with Crippen molar-refractivity contribution in [2.24, 2.45) is 0 Å². The number of hydrogen-bond donors (Lipinski definition) is 2. The summed E-state index contributed by atoms with van der Waals surface area (Å²) in [6, 6.07) is 10.2. The van der Waals surface area contributed by atoms with Crippen molar-refractivity contribution in [1.82, 2.24) is 9.97 Å². The van der Waals surface area contributed by atoms with Crippen molar-refractivity contribution < 1.29 is 19.1 Å². The van der Waals surface area contributed by atoms with Gasteiger partial charge in [-0.2, -0.15) is 0 Å². The summed E-state index contributed by atoms with van der Waals surface area (Å²) in [6.07, 6.45) is 0.624. The van der Waals surface area contributed by atoms with Gasteiger partial charge >= 0.3 is 5.97 Å². The minimum absolute atomic E-state index is 0.0788. The van der Waals surface area contributed by atoms with Gasteiger partial charge in [0.05, 0.1) is 18.1 Å². The first kappa shape index (κ1) is 24.1. The monoisotopic (exact) mass is 469 g/mol. The highest BCUT2D eigenvalue weighted by Crippen LogP contribution is 2.29. The number of ketones is 1. The van der Waals surface area contributed by atoms with Gasteiger partial charge in [-0.25, -0.2) is 4.98 Å². The molecule has 0 aliphatic rings. The molecule has 2 N–H and O–H groups in total. The Bertz CT molecular complexity index is 1300. The lowest BCUT2D eigenvalue weighted by Crippen LogP contribution is -2.37. The van der Waals surface area contributed by atoms with Crippen LogP contribution in [0.2, 0.25) is 5.02 Å².